The zero-order chi connectivity index (χ0) is 17.7. The van der Waals surface area contributed by atoms with Gasteiger partial charge in [0.15, 0.2) is 11.2 Å². The summed E-state index contributed by atoms with van der Waals surface area (Å²) in [4.78, 5) is 49.9. The van der Waals surface area contributed by atoms with Gasteiger partial charge in [0.05, 0.1) is 5.75 Å². The second-order valence-electron chi connectivity index (χ2n) is 4.57. The molecule has 0 saturated carbocycles. The minimum Gasteiger partial charge on any atom is -0.337 e. The second kappa shape index (κ2) is 7.97. The molecule has 2 rings (SSSR count). The topological polar surface area (TPSA) is 143 Å². The van der Waals surface area contributed by atoms with Gasteiger partial charge in [0, 0.05) is 6.92 Å². The summed E-state index contributed by atoms with van der Waals surface area (Å²) in [5.74, 6) is -2.43. The molecule has 10 nitrogen and oxygen atoms in total. The van der Waals surface area contributed by atoms with Gasteiger partial charge >= 0.3 is 0 Å². The molecule has 24 heavy (non-hydrogen) atoms. The van der Waals surface area contributed by atoms with E-state index in [0.717, 1.165) is 23.2 Å². The van der Waals surface area contributed by atoms with Gasteiger partial charge in [0.25, 0.3) is 11.8 Å². The summed E-state index contributed by atoms with van der Waals surface area (Å²) in [6.45, 7) is 3.12. The summed E-state index contributed by atoms with van der Waals surface area (Å²) >= 11 is 2.17. The molecule has 0 saturated heterocycles. The van der Waals surface area contributed by atoms with Gasteiger partial charge in [0.2, 0.25) is 16.9 Å². The second-order valence-corrected chi connectivity index (χ2v) is 6.60. The van der Waals surface area contributed by atoms with Crippen molar-refractivity contribution >= 4 is 57.0 Å². The van der Waals surface area contributed by atoms with Crippen molar-refractivity contribution in [3.05, 3.63) is 5.01 Å². The lowest BCUT2D eigenvalue weighted by atomic mass is 10.2. The lowest BCUT2D eigenvalue weighted by Crippen LogP contribution is -2.54. The van der Waals surface area contributed by atoms with Gasteiger partial charge in [0.1, 0.15) is 5.01 Å². The number of aliphatic imine (C=N–C) groups is 1. The van der Waals surface area contributed by atoms with E-state index in [0.29, 0.717) is 5.13 Å². The normalized spacial score (nSPS) is 17.1. The molecule has 0 aliphatic carbocycles. The van der Waals surface area contributed by atoms with E-state index in [-0.39, 0.29) is 16.8 Å². The van der Waals surface area contributed by atoms with Crippen molar-refractivity contribution in [3.8, 4) is 0 Å². The van der Waals surface area contributed by atoms with Crippen LogP contribution < -0.4 is 16.0 Å². The number of aryl methyl sites for hydroxylation is 1. The number of aromatic nitrogens is 2. The van der Waals surface area contributed by atoms with Gasteiger partial charge in [-0.3, -0.25) is 24.5 Å². The van der Waals surface area contributed by atoms with Crippen LogP contribution >= 0.6 is 23.1 Å². The average Bonchev–Trinajstić information content (AvgIpc) is 2.96. The smallest absolute Gasteiger partial charge is 0.280 e. The van der Waals surface area contributed by atoms with Crippen LogP contribution in [0.1, 0.15) is 18.9 Å². The molecule has 1 aliphatic heterocycles. The summed E-state index contributed by atoms with van der Waals surface area (Å²) in [5.41, 5.74) is 0. The van der Waals surface area contributed by atoms with Gasteiger partial charge in [-0.25, -0.2) is 0 Å². The quantitative estimate of drug-likeness (QED) is 0.581. The summed E-state index contributed by atoms with van der Waals surface area (Å²) in [6.07, 6.45) is 0.725. The molecule has 2 heterocycles. The number of nitrogens with zero attached hydrogens (tertiary/aromatic N) is 3. The number of anilines is 1. The predicted molar refractivity (Wildman–Crippen MR) is 88.6 cm³/mol. The highest BCUT2D eigenvalue weighted by Crippen LogP contribution is 2.16. The largest absolute Gasteiger partial charge is 0.337 e. The lowest BCUT2D eigenvalue weighted by molar-refractivity contribution is -0.134. The van der Waals surface area contributed by atoms with Crippen LogP contribution in [0.5, 0.6) is 0 Å². The fourth-order valence-corrected chi connectivity index (χ4v) is 2.98. The Hall–Kier alpha value is -2.34. The van der Waals surface area contributed by atoms with Crippen LogP contribution in [0.2, 0.25) is 0 Å². The number of hydrogen-bond acceptors (Lipinski definition) is 8. The van der Waals surface area contributed by atoms with Gasteiger partial charge in [-0.2, -0.15) is 4.99 Å². The number of hydrogen-bond donors (Lipinski definition) is 3. The van der Waals surface area contributed by atoms with Crippen LogP contribution in [-0.4, -0.2) is 50.8 Å². The SMILES string of the molecule is CCc1nnc(NC(=O)CSC2=NC(=O)C(NC(C)=O)C(=O)N2)s1. The Morgan fingerprint density at radius 3 is 2.67 bits per heavy atom. The first-order chi connectivity index (χ1) is 11.4. The number of carbonyl (C=O) groups excluding carboxylic acids is 4. The highest BCUT2D eigenvalue weighted by Gasteiger charge is 2.32. The van der Waals surface area contributed by atoms with Crippen molar-refractivity contribution in [2.24, 2.45) is 4.99 Å². The molecule has 0 fully saturated rings. The minimum absolute atomic E-state index is 0.00765. The third kappa shape index (κ3) is 4.83. The predicted octanol–water partition coefficient (Wildman–Crippen LogP) is -0.711. The molecule has 3 N–H and O–H groups in total. The fraction of sp³-hybridized carbons (Fsp3) is 0.417. The highest BCUT2D eigenvalue weighted by atomic mass is 32.2. The van der Waals surface area contributed by atoms with Gasteiger partial charge in [-0.15, -0.1) is 10.2 Å². The minimum atomic E-state index is -1.34. The number of amidine groups is 1. The summed E-state index contributed by atoms with van der Waals surface area (Å²) in [5, 5.41) is 16.0. The molecular formula is C12H14N6O4S2. The van der Waals surface area contributed by atoms with Crippen molar-refractivity contribution in [2.75, 3.05) is 11.1 Å². The lowest BCUT2D eigenvalue weighted by Gasteiger charge is -2.19. The molecule has 4 amide bonds. The molecule has 0 spiro atoms. The van der Waals surface area contributed by atoms with Crippen LogP contribution in [0.4, 0.5) is 5.13 Å². The number of thioether (sulfide) groups is 1. The highest BCUT2D eigenvalue weighted by molar-refractivity contribution is 8.14. The number of nitrogens with one attached hydrogen (secondary N) is 3. The van der Waals surface area contributed by atoms with Gasteiger partial charge in [-0.05, 0) is 6.42 Å². The fourth-order valence-electron chi connectivity index (χ4n) is 1.62. The van der Waals surface area contributed by atoms with Gasteiger partial charge in [-0.1, -0.05) is 30.0 Å². The zero-order valence-corrected chi connectivity index (χ0v) is 14.4. The Morgan fingerprint density at radius 2 is 2.08 bits per heavy atom. The molecule has 12 heteroatoms. The monoisotopic (exact) mass is 370 g/mol. The van der Waals surface area contributed by atoms with E-state index in [4.69, 9.17) is 0 Å². The standard InChI is InChI=1S/C12H14N6O4S2/c1-3-7-17-18-12(24-7)14-6(20)4-23-11-15-9(21)8(10(22)16-11)13-5(2)19/h8H,3-4H2,1-2H3,(H,13,19)(H,14,18,20)(H,15,16,21,22). The van der Waals surface area contributed by atoms with E-state index in [1.54, 1.807) is 0 Å². The number of amides is 4. The Balaban J connectivity index is 1.87. The van der Waals surface area contributed by atoms with Crippen molar-refractivity contribution in [2.45, 2.75) is 26.3 Å². The summed E-state index contributed by atoms with van der Waals surface area (Å²) < 4.78 is 0. The molecule has 1 unspecified atom stereocenters. The Morgan fingerprint density at radius 1 is 1.33 bits per heavy atom. The molecule has 1 aromatic rings. The van der Waals surface area contributed by atoms with Crippen molar-refractivity contribution in [1.29, 1.82) is 0 Å². The molecule has 1 atom stereocenters. The Bertz CT molecular complexity index is 716. The van der Waals surface area contributed by atoms with Crippen LogP contribution in [0.25, 0.3) is 0 Å². The first-order valence-corrected chi connectivity index (χ1v) is 8.64. The van der Waals surface area contributed by atoms with E-state index in [2.05, 4.69) is 31.1 Å². The van der Waals surface area contributed by atoms with E-state index in [1.165, 1.54) is 18.3 Å². The first-order valence-electron chi connectivity index (χ1n) is 6.84. The molecule has 1 aromatic heterocycles. The van der Waals surface area contributed by atoms with E-state index < -0.39 is 23.8 Å². The number of carbonyl (C=O) groups is 4. The third-order valence-electron chi connectivity index (χ3n) is 2.65. The third-order valence-corrected chi connectivity index (χ3v) is 4.51. The van der Waals surface area contributed by atoms with Crippen LogP contribution in [0, 0.1) is 0 Å². The molecule has 0 radical (unpaired) electrons. The van der Waals surface area contributed by atoms with E-state index >= 15 is 0 Å². The maximum atomic E-state index is 11.8. The Kier molecular flexibility index (Phi) is 5.98. The average molecular weight is 370 g/mol. The van der Waals surface area contributed by atoms with Crippen LogP contribution in [-0.2, 0) is 25.6 Å². The molecule has 128 valence electrons. The van der Waals surface area contributed by atoms with Crippen molar-refractivity contribution < 1.29 is 19.2 Å². The molecule has 0 aromatic carbocycles. The maximum Gasteiger partial charge on any atom is 0.280 e. The van der Waals surface area contributed by atoms with E-state index in [1.807, 2.05) is 6.92 Å². The first kappa shape index (κ1) is 18.0. The van der Waals surface area contributed by atoms with Crippen molar-refractivity contribution in [1.82, 2.24) is 20.8 Å². The van der Waals surface area contributed by atoms with Crippen molar-refractivity contribution in [3.63, 3.8) is 0 Å². The zero-order valence-electron chi connectivity index (χ0n) is 12.8. The Labute approximate surface area is 144 Å². The molecule has 0 bridgehead atoms. The van der Waals surface area contributed by atoms with Crippen LogP contribution in [0.15, 0.2) is 4.99 Å². The maximum absolute atomic E-state index is 11.8. The summed E-state index contributed by atoms with van der Waals surface area (Å²) in [6, 6.07) is -1.34. The molecule has 1 aliphatic rings. The summed E-state index contributed by atoms with van der Waals surface area (Å²) in [7, 11) is 0. The van der Waals surface area contributed by atoms with E-state index in [9.17, 15) is 19.2 Å². The number of rotatable bonds is 5. The van der Waals surface area contributed by atoms with Crippen LogP contribution in [0.3, 0.4) is 0 Å². The van der Waals surface area contributed by atoms with Gasteiger partial charge < -0.3 is 10.6 Å². The molecular weight excluding hydrogens is 356 g/mol.